The molecule has 0 heterocycles. The third-order valence-electron chi connectivity index (χ3n) is 4.42. The smallest absolute Gasteiger partial charge is 0.387 e. The van der Waals surface area contributed by atoms with Crippen LogP contribution in [0.1, 0.15) is 36.5 Å². The van der Waals surface area contributed by atoms with Gasteiger partial charge in [-0.3, -0.25) is 4.79 Å². The van der Waals surface area contributed by atoms with E-state index in [0.717, 1.165) is 16.7 Å². The van der Waals surface area contributed by atoms with Crippen molar-refractivity contribution in [1.82, 2.24) is 5.32 Å². The fourth-order valence-corrected chi connectivity index (χ4v) is 2.74. The maximum absolute atomic E-state index is 12.5. The molecule has 2 aromatic rings. The molecule has 0 bridgehead atoms. The van der Waals surface area contributed by atoms with Crippen molar-refractivity contribution in [3.63, 3.8) is 0 Å². The number of aryl methyl sites for hydroxylation is 1. The molecule has 2 aromatic carbocycles. The van der Waals surface area contributed by atoms with Gasteiger partial charge in [-0.05, 0) is 54.2 Å². The summed E-state index contributed by atoms with van der Waals surface area (Å²) in [5.74, 6) is 1.00. The van der Waals surface area contributed by atoms with Crippen molar-refractivity contribution in [1.29, 1.82) is 0 Å². The Morgan fingerprint density at radius 1 is 1.07 bits per heavy atom. The Morgan fingerprint density at radius 2 is 1.83 bits per heavy atom. The molecule has 0 fully saturated rings. The minimum absolute atomic E-state index is 0.0323. The molecule has 29 heavy (non-hydrogen) atoms. The number of hydrogen-bond acceptors (Lipinski definition) is 4. The highest BCUT2D eigenvalue weighted by Gasteiger charge is 2.12. The van der Waals surface area contributed by atoms with Gasteiger partial charge in [0.25, 0.3) is 5.91 Å². The Kier molecular flexibility index (Phi) is 8.24. The second kappa shape index (κ2) is 10.6. The average Bonchev–Trinajstić information content (AvgIpc) is 2.67. The van der Waals surface area contributed by atoms with E-state index in [9.17, 15) is 13.6 Å². The number of alkyl halides is 2. The van der Waals surface area contributed by atoms with Gasteiger partial charge < -0.3 is 19.5 Å². The highest BCUT2D eigenvalue weighted by atomic mass is 19.3. The van der Waals surface area contributed by atoms with E-state index in [1.54, 1.807) is 12.1 Å². The predicted octanol–water partition coefficient (Wildman–Crippen LogP) is 4.47. The lowest BCUT2D eigenvalue weighted by Crippen LogP contribution is -2.30. The zero-order chi connectivity index (χ0) is 21.4. The van der Waals surface area contributed by atoms with Gasteiger partial charge in [0, 0.05) is 6.54 Å². The predicted molar refractivity (Wildman–Crippen MR) is 107 cm³/mol. The number of halogens is 2. The number of ether oxygens (including phenoxy) is 3. The first kappa shape index (κ1) is 22.5. The molecule has 0 aliphatic carbocycles. The van der Waals surface area contributed by atoms with Crippen molar-refractivity contribution in [3.05, 3.63) is 53.1 Å². The van der Waals surface area contributed by atoms with Crippen molar-refractivity contribution in [3.8, 4) is 17.2 Å². The van der Waals surface area contributed by atoms with Crippen LogP contribution in [0.5, 0.6) is 17.2 Å². The van der Waals surface area contributed by atoms with E-state index in [4.69, 9.17) is 9.47 Å². The monoisotopic (exact) mass is 407 g/mol. The van der Waals surface area contributed by atoms with Crippen LogP contribution in [-0.2, 0) is 11.2 Å². The molecule has 0 aliphatic heterocycles. The summed E-state index contributed by atoms with van der Waals surface area (Å²) in [5.41, 5.74) is 2.85. The molecule has 0 aliphatic rings. The summed E-state index contributed by atoms with van der Waals surface area (Å²) in [5, 5.41) is 2.76. The Labute approximate surface area is 170 Å². The largest absolute Gasteiger partial charge is 0.493 e. The lowest BCUT2D eigenvalue weighted by Gasteiger charge is -2.13. The molecule has 0 atom stereocenters. The van der Waals surface area contributed by atoms with Crippen molar-refractivity contribution >= 4 is 5.91 Å². The molecule has 5 nitrogen and oxygen atoms in total. The molecule has 0 spiro atoms. The van der Waals surface area contributed by atoms with E-state index in [-0.39, 0.29) is 24.0 Å². The molecule has 158 valence electrons. The summed E-state index contributed by atoms with van der Waals surface area (Å²) >= 11 is 0. The quantitative estimate of drug-likeness (QED) is 0.632. The SMILES string of the molecule is COc1ccc(CCNC(=O)COc2cc(C(C)C)ccc2C)cc1OC(F)F. The third-order valence-corrected chi connectivity index (χ3v) is 4.42. The number of nitrogens with one attached hydrogen (secondary N) is 1. The molecule has 1 amide bonds. The highest BCUT2D eigenvalue weighted by Crippen LogP contribution is 2.29. The third kappa shape index (κ3) is 6.93. The van der Waals surface area contributed by atoms with E-state index in [1.807, 2.05) is 25.1 Å². The molecule has 0 saturated carbocycles. The lowest BCUT2D eigenvalue weighted by molar-refractivity contribution is -0.123. The Balaban J connectivity index is 1.85. The molecule has 0 saturated heterocycles. The zero-order valence-corrected chi connectivity index (χ0v) is 17.1. The lowest BCUT2D eigenvalue weighted by atomic mass is 10.0. The van der Waals surface area contributed by atoms with Crippen LogP contribution >= 0.6 is 0 Å². The van der Waals surface area contributed by atoms with Gasteiger partial charge in [0.15, 0.2) is 18.1 Å². The van der Waals surface area contributed by atoms with Crippen molar-refractivity contribution in [2.45, 2.75) is 39.7 Å². The first-order chi connectivity index (χ1) is 13.8. The fourth-order valence-electron chi connectivity index (χ4n) is 2.74. The normalized spacial score (nSPS) is 10.9. The minimum atomic E-state index is -2.94. The second-order valence-corrected chi connectivity index (χ2v) is 6.93. The number of methoxy groups -OCH3 is 1. The van der Waals surface area contributed by atoms with Crippen LogP contribution in [0.15, 0.2) is 36.4 Å². The summed E-state index contributed by atoms with van der Waals surface area (Å²) in [6, 6.07) is 10.8. The van der Waals surface area contributed by atoms with Gasteiger partial charge in [0.05, 0.1) is 7.11 Å². The number of carbonyl (C=O) groups is 1. The van der Waals surface area contributed by atoms with Crippen molar-refractivity contribution in [2.24, 2.45) is 0 Å². The standard InChI is InChI=1S/C22H27F2NO4/c1-14(2)17-7-5-15(3)19(12-17)28-13-21(26)25-10-9-16-6-8-18(27-4)20(11-16)29-22(23)24/h5-8,11-12,14,22H,9-10,13H2,1-4H3,(H,25,26). The number of carbonyl (C=O) groups excluding carboxylic acids is 1. The molecule has 0 radical (unpaired) electrons. The van der Waals surface area contributed by atoms with Gasteiger partial charge >= 0.3 is 6.61 Å². The average molecular weight is 407 g/mol. The Hall–Kier alpha value is -2.83. The number of amides is 1. The molecular formula is C22H27F2NO4. The van der Waals surface area contributed by atoms with E-state index in [0.29, 0.717) is 24.6 Å². The van der Waals surface area contributed by atoms with E-state index in [2.05, 4.69) is 23.9 Å². The number of rotatable bonds is 10. The second-order valence-electron chi connectivity index (χ2n) is 6.93. The van der Waals surface area contributed by atoms with Crippen molar-refractivity contribution < 1.29 is 27.8 Å². The molecule has 0 unspecified atom stereocenters. The van der Waals surface area contributed by atoms with Gasteiger partial charge in [-0.15, -0.1) is 0 Å². The maximum Gasteiger partial charge on any atom is 0.387 e. The summed E-state index contributed by atoms with van der Waals surface area (Å²) in [6.45, 7) is 3.43. The van der Waals surface area contributed by atoms with Gasteiger partial charge in [0.2, 0.25) is 0 Å². The van der Waals surface area contributed by atoms with Gasteiger partial charge in [-0.2, -0.15) is 8.78 Å². The van der Waals surface area contributed by atoms with Crippen LogP contribution in [0.4, 0.5) is 8.78 Å². The van der Waals surface area contributed by atoms with Crippen LogP contribution < -0.4 is 19.5 Å². The first-order valence-corrected chi connectivity index (χ1v) is 9.42. The topological polar surface area (TPSA) is 56.8 Å². The van der Waals surface area contributed by atoms with Crippen LogP contribution in [-0.4, -0.2) is 32.8 Å². The molecule has 0 aromatic heterocycles. The number of benzene rings is 2. The van der Waals surface area contributed by atoms with Crippen LogP contribution in [0.3, 0.4) is 0 Å². The Bertz CT molecular complexity index is 824. The summed E-state index contributed by atoms with van der Waals surface area (Å²) in [7, 11) is 1.38. The van der Waals surface area contributed by atoms with Crippen molar-refractivity contribution in [2.75, 3.05) is 20.3 Å². The maximum atomic E-state index is 12.5. The molecule has 7 heteroatoms. The van der Waals surface area contributed by atoms with Crippen LogP contribution in [0.2, 0.25) is 0 Å². The van der Waals surface area contributed by atoms with Crippen LogP contribution in [0.25, 0.3) is 0 Å². The first-order valence-electron chi connectivity index (χ1n) is 9.42. The van der Waals surface area contributed by atoms with E-state index >= 15 is 0 Å². The van der Waals surface area contributed by atoms with Gasteiger partial charge in [-0.25, -0.2) is 0 Å². The molecular weight excluding hydrogens is 380 g/mol. The van der Waals surface area contributed by atoms with E-state index < -0.39 is 6.61 Å². The fraction of sp³-hybridized carbons (Fsp3) is 0.409. The van der Waals surface area contributed by atoms with E-state index in [1.165, 1.54) is 13.2 Å². The highest BCUT2D eigenvalue weighted by molar-refractivity contribution is 5.77. The molecule has 2 rings (SSSR count). The van der Waals surface area contributed by atoms with Gasteiger partial charge in [0.1, 0.15) is 5.75 Å². The minimum Gasteiger partial charge on any atom is -0.493 e. The zero-order valence-electron chi connectivity index (χ0n) is 17.1. The van der Waals surface area contributed by atoms with Crippen LogP contribution in [0, 0.1) is 6.92 Å². The summed E-state index contributed by atoms with van der Waals surface area (Å²) in [4.78, 5) is 12.1. The molecule has 1 N–H and O–H groups in total. The Morgan fingerprint density at radius 3 is 2.48 bits per heavy atom. The number of hydrogen-bond donors (Lipinski definition) is 1. The van der Waals surface area contributed by atoms with Gasteiger partial charge in [-0.1, -0.05) is 32.0 Å². The summed E-state index contributed by atoms with van der Waals surface area (Å²) < 4.78 is 40.1. The summed E-state index contributed by atoms with van der Waals surface area (Å²) in [6.07, 6.45) is 0.456.